The van der Waals surface area contributed by atoms with Crippen molar-refractivity contribution in [2.24, 2.45) is 0 Å². The summed E-state index contributed by atoms with van der Waals surface area (Å²) in [4.78, 5) is 11.3. The Morgan fingerprint density at radius 2 is 1.79 bits per heavy atom. The van der Waals surface area contributed by atoms with Crippen LogP contribution in [0.3, 0.4) is 0 Å². The van der Waals surface area contributed by atoms with Gasteiger partial charge in [-0.05, 0) is 0 Å². The summed E-state index contributed by atoms with van der Waals surface area (Å²) in [7, 11) is 3.24. The van der Waals surface area contributed by atoms with E-state index in [9.17, 15) is 0 Å². The number of hydrogen-bond acceptors (Lipinski definition) is 3. The first-order valence-electron chi connectivity index (χ1n) is 4.57. The Labute approximate surface area is 89.3 Å². The zero-order chi connectivity index (χ0) is 10.8. The molecule has 1 rings (SSSR count). The van der Waals surface area contributed by atoms with E-state index in [1.807, 2.05) is 6.20 Å². The number of methoxy groups -OCH3 is 2. The minimum atomic E-state index is -2.03. The average Bonchev–Trinajstić information content (AvgIpc) is 2.15. The van der Waals surface area contributed by atoms with Crippen molar-refractivity contribution in [3.8, 4) is 11.6 Å². The molecule has 0 fully saturated rings. The monoisotopic (exact) mass is 303 g/mol. The van der Waals surface area contributed by atoms with Crippen LogP contribution in [0.15, 0.2) is 12.3 Å². The maximum atomic E-state index is 5.22. The molecule has 78 valence electrons. The van der Waals surface area contributed by atoms with Gasteiger partial charge in [0.05, 0.1) is 0 Å². The number of ether oxygens (including phenoxy) is 2. The van der Waals surface area contributed by atoms with E-state index >= 15 is 0 Å². The quantitative estimate of drug-likeness (QED) is 0.796. The second-order valence-corrected chi connectivity index (χ2v) is 18.7. The molecule has 0 unspecified atom stereocenters. The van der Waals surface area contributed by atoms with Crippen LogP contribution in [0.2, 0.25) is 14.8 Å². The summed E-state index contributed by atoms with van der Waals surface area (Å²) in [5, 5.41) is 0. The van der Waals surface area contributed by atoms with Crippen molar-refractivity contribution in [1.82, 2.24) is 4.98 Å². The van der Waals surface area contributed by atoms with Gasteiger partial charge in [0.2, 0.25) is 0 Å². The first-order chi connectivity index (χ1) is 6.49. The molecule has 4 heteroatoms. The molecule has 0 spiro atoms. The molecule has 0 radical (unpaired) electrons. The van der Waals surface area contributed by atoms with Gasteiger partial charge >= 0.3 is 89.3 Å². The fourth-order valence-corrected chi connectivity index (χ4v) is 4.04. The third-order valence-electron chi connectivity index (χ3n) is 2.10. The van der Waals surface area contributed by atoms with Crippen LogP contribution in [0.4, 0.5) is 0 Å². The van der Waals surface area contributed by atoms with Crippen LogP contribution in [0, 0.1) is 0 Å². The Balaban J connectivity index is 3.14. The Bertz CT molecular complexity index is 320. The van der Waals surface area contributed by atoms with Crippen molar-refractivity contribution in [2.75, 3.05) is 14.2 Å². The van der Waals surface area contributed by atoms with Crippen molar-refractivity contribution in [1.29, 1.82) is 0 Å². The fourth-order valence-electron chi connectivity index (χ4n) is 1.14. The Morgan fingerprint density at radius 1 is 1.14 bits per heavy atom. The van der Waals surface area contributed by atoms with Crippen LogP contribution in [0.5, 0.6) is 11.6 Å². The van der Waals surface area contributed by atoms with Crippen molar-refractivity contribution < 1.29 is 9.47 Å². The first kappa shape index (κ1) is 11.6. The van der Waals surface area contributed by atoms with Crippen LogP contribution in [-0.2, 0) is 0 Å². The zero-order valence-electron chi connectivity index (χ0n) is 9.42. The number of nitrogens with zero attached hydrogens (tertiary/aromatic N) is 1. The fraction of sp³-hybridized carbons (Fsp3) is 0.500. The van der Waals surface area contributed by atoms with Crippen molar-refractivity contribution >= 4 is 22.0 Å². The number of pyridine rings is 1. The summed E-state index contributed by atoms with van der Waals surface area (Å²) in [6.45, 7) is 0. The standard InChI is InChI=1S/C7H8NO2.3CH3.Sn/c1-9-6-4-3-5-8-7(6)10-2;;;;/h4-5H,1-2H3;3*1H3;. The summed E-state index contributed by atoms with van der Waals surface area (Å²) in [6.07, 6.45) is 1.91. The SMILES string of the molecule is COc1c[c]([Sn]([CH3])([CH3])[CH3])cnc1OC. The molecule has 0 bridgehead atoms. The van der Waals surface area contributed by atoms with Gasteiger partial charge in [0.1, 0.15) is 0 Å². The van der Waals surface area contributed by atoms with Crippen molar-refractivity contribution in [3.05, 3.63) is 12.3 Å². The van der Waals surface area contributed by atoms with Crippen LogP contribution < -0.4 is 13.1 Å². The summed E-state index contributed by atoms with van der Waals surface area (Å²) < 4.78 is 11.7. The molecule has 3 nitrogen and oxygen atoms in total. The van der Waals surface area contributed by atoms with Gasteiger partial charge in [0.25, 0.3) is 0 Å². The molecule has 0 aliphatic heterocycles. The Hall–Kier alpha value is -0.451. The maximum absolute atomic E-state index is 5.22. The predicted molar refractivity (Wildman–Crippen MR) is 60.3 cm³/mol. The molecule has 0 aliphatic rings. The summed E-state index contributed by atoms with van der Waals surface area (Å²) in [6, 6.07) is 2.06. The zero-order valence-corrected chi connectivity index (χ0v) is 12.3. The van der Waals surface area contributed by atoms with E-state index < -0.39 is 18.4 Å². The van der Waals surface area contributed by atoms with Gasteiger partial charge < -0.3 is 0 Å². The number of rotatable bonds is 3. The van der Waals surface area contributed by atoms with Gasteiger partial charge in [-0.3, -0.25) is 0 Å². The summed E-state index contributed by atoms with van der Waals surface area (Å²) in [5.41, 5.74) is 0. The van der Waals surface area contributed by atoms with E-state index in [2.05, 4.69) is 25.9 Å². The summed E-state index contributed by atoms with van der Waals surface area (Å²) >= 11 is -2.03. The van der Waals surface area contributed by atoms with Gasteiger partial charge in [0, 0.05) is 0 Å². The Kier molecular flexibility index (Phi) is 3.64. The van der Waals surface area contributed by atoms with Gasteiger partial charge in [-0.25, -0.2) is 0 Å². The van der Waals surface area contributed by atoms with E-state index in [1.165, 1.54) is 3.58 Å². The molecule has 0 amide bonds. The topological polar surface area (TPSA) is 31.4 Å². The van der Waals surface area contributed by atoms with E-state index in [-0.39, 0.29) is 0 Å². The van der Waals surface area contributed by atoms with E-state index in [4.69, 9.17) is 9.47 Å². The molecule has 0 N–H and O–H groups in total. The second-order valence-electron chi connectivity index (χ2n) is 4.19. The predicted octanol–water partition coefficient (Wildman–Crippen LogP) is 1.64. The number of hydrogen-bond donors (Lipinski definition) is 0. The van der Waals surface area contributed by atoms with Gasteiger partial charge in [0.15, 0.2) is 0 Å². The molecular weight excluding hydrogens is 285 g/mol. The first-order valence-corrected chi connectivity index (χ1v) is 14.6. The molecule has 1 heterocycles. The molecule has 0 atom stereocenters. The summed E-state index contributed by atoms with van der Waals surface area (Å²) in [5.74, 6) is 1.29. The van der Waals surface area contributed by atoms with Crippen LogP contribution >= 0.6 is 0 Å². The normalized spacial score (nSPS) is 11.2. The van der Waals surface area contributed by atoms with Crippen molar-refractivity contribution in [2.45, 2.75) is 14.8 Å². The van der Waals surface area contributed by atoms with E-state index in [1.54, 1.807) is 14.2 Å². The molecule has 1 aromatic rings. The number of aromatic nitrogens is 1. The molecule has 14 heavy (non-hydrogen) atoms. The third kappa shape index (κ3) is 2.53. The molecule has 0 aliphatic carbocycles. The Morgan fingerprint density at radius 3 is 2.21 bits per heavy atom. The van der Waals surface area contributed by atoms with Gasteiger partial charge in [-0.2, -0.15) is 0 Å². The second kappa shape index (κ2) is 4.38. The molecule has 0 aromatic carbocycles. The molecule has 1 aromatic heterocycles. The average molecular weight is 302 g/mol. The van der Waals surface area contributed by atoms with Gasteiger partial charge in [-0.15, -0.1) is 0 Å². The van der Waals surface area contributed by atoms with E-state index in [0.717, 1.165) is 5.75 Å². The molecular formula is C10H17NO2Sn. The molecule has 0 saturated heterocycles. The van der Waals surface area contributed by atoms with Crippen LogP contribution in [0.25, 0.3) is 0 Å². The minimum absolute atomic E-state index is 0.562. The van der Waals surface area contributed by atoms with Crippen LogP contribution in [-0.4, -0.2) is 37.6 Å². The molecule has 0 saturated carbocycles. The van der Waals surface area contributed by atoms with Crippen molar-refractivity contribution in [3.63, 3.8) is 0 Å². The van der Waals surface area contributed by atoms with E-state index in [0.29, 0.717) is 5.88 Å². The van der Waals surface area contributed by atoms with Crippen LogP contribution in [0.1, 0.15) is 0 Å². The van der Waals surface area contributed by atoms with Gasteiger partial charge in [-0.1, -0.05) is 0 Å². The third-order valence-corrected chi connectivity index (χ3v) is 7.82.